The number of nitrogens with zero attached hydrogens (tertiary/aromatic N) is 1. The summed E-state index contributed by atoms with van der Waals surface area (Å²) in [5.41, 5.74) is 2.36. The van der Waals surface area contributed by atoms with Crippen LogP contribution in [0.5, 0.6) is 0 Å². The summed E-state index contributed by atoms with van der Waals surface area (Å²) in [4.78, 5) is 12.2. The molecule has 2 unspecified atom stereocenters. The fourth-order valence-corrected chi connectivity index (χ4v) is 2.39. The highest BCUT2D eigenvalue weighted by Gasteiger charge is 2.33. The van der Waals surface area contributed by atoms with Gasteiger partial charge in [-0.2, -0.15) is 5.26 Å². The number of hydrogen-bond donors (Lipinski definition) is 0. The number of hydrogen-bond acceptors (Lipinski definition) is 2. The molecule has 1 aromatic carbocycles. The molecule has 17 heavy (non-hydrogen) atoms. The summed E-state index contributed by atoms with van der Waals surface area (Å²) in [6.45, 7) is 2.01. The van der Waals surface area contributed by atoms with Crippen molar-refractivity contribution in [3.05, 3.63) is 34.9 Å². The Kier molecular flexibility index (Phi) is 2.98. The Balaban J connectivity index is 2.30. The quantitative estimate of drug-likeness (QED) is 0.723. The molecule has 0 heterocycles. The maximum atomic E-state index is 12.2. The summed E-state index contributed by atoms with van der Waals surface area (Å²) < 4.78 is 0. The van der Waals surface area contributed by atoms with Gasteiger partial charge in [0.1, 0.15) is 0 Å². The van der Waals surface area contributed by atoms with Gasteiger partial charge >= 0.3 is 0 Å². The van der Waals surface area contributed by atoms with Crippen molar-refractivity contribution in [3.8, 4) is 18.4 Å². The van der Waals surface area contributed by atoms with E-state index in [2.05, 4.69) is 12.0 Å². The zero-order valence-electron chi connectivity index (χ0n) is 9.73. The number of benzene rings is 1. The lowest BCUT2D eigenvalue weighted by Crippen LogP contribution is -2.17. The molecule has 0 spiro atoms. The Morgan fingerprint density at radius 1 is 1.59 bits per heavy atom. The van der Waals surface area contributed by atoms with Crippen LogP contribution in [0.25, 0.3) is 0 Å². The predicted molar refractivity (Wildman–Crippen MR) is 65.3 cm³/mol. The SMILES string of the molecule is C#CCC(C)C1Cc2cc(C#N)ccc2C1=O. The fraction of sp³-hybridized carbons (Fsp3) is 0.333. The lowest BCUT2D eigenvalue weighted by molar-refractivity contribution is 0.0901. The molecule has 1 aliphatic rings. The van der Waals surface area contributed by atoms with Crippen LogP contribution in [0, 0.1) is 35.5 Å². The van der Waals surface area contributed by atoms with Gasteiger partial charge in [0.05, 0.1) is 11.6 Å². The first-order valence-electron chi connectivity index (χ1n) is 5.68. The van der Waals surface area contributed by atoms with E-state index in [1.165, 1.54) is 0 Å². The van der Waals surface area contributed by atoms with Gasteiger partial charge in [0.25, 0.3) is 0 Å². The first-order valence-corrected chi connectivity index (χ1v) is 5.68. The molecule has 0 aliphatic heterocycles. The molecular weight excluding hydrogens is 210 g/mol. The third-order valence-electron chi connectivity index (χ3n) is 3.40. The second-order valence-electron chi connectivity index (χ2n) is 4.54. The summed E-state index contributed by atoms with van der Waals surface area (Å²) in [6, 6.07) is 7.37. The molecular formula is C15H13NO. The minimum Gasteiger partial charge on any atom is -0.294 e. The molecule has 2 rings (SSSR count). The van der Waals surface area contributed by atoms with Gasteiger partial charge in [0.2, 0.25) is 0 Å². The van der Waals surface area contributed by atoms with Gasteiger partial charge in [-0.05, 0) is 36.1 Å². The summed E-state index contributed by atoms with van der Waals surface area (Å²) in [6.07, 6.45) is 6.62. The average Bonchev–Trinajstić information content (AvgIpc) is 2.66. The largest absolute Gasteiger partial charge is 0.294 e. The molecule has 84 valence electrons. The molecule has 0 radical (unpaired) electrons. The number of rotatable bonds is 2. The lowest BCUT2D eigenvalue weighted by Gasteiger charge is -2.14. The molecule has 0 saturated heterocycles. The Labute approximate surface area is 101 Å². The fourth-order valence-electron chi connectivity index (χ4n) is 2.39. The highest BCUT2D eigenvalue weighted by molar-refractivity contribution is 6.02. The van der Waals surface area contributed by atoms with Gasteiger partial charge in [-0.1, -0.05) is 6.92 Å². The van der Waals surface area contributed by atoms with Gasteiger partial charge in [0.15, 0.2) is 5.78 Å². The first-order chi connectivity index (χ1) is 8.17. The minimum atomic E-state index is -0.0185. The van der Waals surface area contributed by atoms with Gasteiger partial charge in [-0.3, -0.25) is 4.79 Å². The monoisotopic (exact) mass is 223 g/mol. The van der Waals surface area contributed by atoms with E-state index < -0.39 is 0 Å². The number of terminal acetylenes is 1. The normalized spacial score (nSPS) is 19.2. The molecule has 2 nitrogen and oxygen atoms in total. The van der Waals surface area contributed by atoms with Crippen LogP contribution in [0.1, 0.15) is 34.8 Å². The van der Waals surface area contributed by atoms with E-state index in [4.69, 9.17) is 11.7 Å². The minimum absolute atomic E-state index is 0.0185. The number of Topliss-reactive ketones (excluding diaryl/α,β-unsaturated/α-hetero) is 1. The van der Waals surface area contributed by atoms with E-state index in [9.17, 15) is 4.79 Å². The van der Waals surface area contributed by atoms with E-state index in [-0.39, 0.29) is 17.6 Å². The van der Waals surface area contributed by atoms with Gasteiger partial charge < -0.3 is 0 Å². The number of ketones is 1. The third-order valence-corrected chi connectivity index (χ3v) is 3.40. The maximum Gasteiger partial charge on any atom is 0.166 e. The van der Waals surface area contributed by atoms with Crippen molar-refractivity contribution in [2.24, 2.45) is 11.8 Å². The van der Waals surface area contributed by atoms with Crippen LogP contribution in [0.3, 0.4) is 0 Å². The smallest absolute Gasteiger partial charge is 0.166 e. The molecule has 1 aliphatic carbocycles. The molecule has 0 saturated carbocycles. The molecule has 0 amide bonds. The van der Waals surface area contributed by atoms with E-state index >= 15 is 0 Å². The van der Waals surface area contributed by atoms with E-state index in [0.29, 0.717) is 18.4 Å². The van der Waals surface area contributed by atoms with Crippen LogP contribution in [0.4, 0.5) is 0 Å². The Morgan fingerprint density at radius 3 is 3.00 bits per heavy atom. The Morgan fingerprint density at radius 2 is 2.35 bits per heavy atom. The summed E-state index contributed by atoms with van der Waals surface area (Å²) in [7, 11) is 0. The van der Waals surface area contributed by atoms with Crippen molar-refractivity contribution in [2.45, 2.75) is 19.8 Å². The van der Waals surface area contributed by atoms with Crippen molar-refractivity contribution in [1.82, 2.24) is 0 Å². The molecule has 2 atom stereocenters. The summed E-state index contributed by atoms with van der Waals surface area (Å²) in [5, 5.41) is 8.83. The van der Waals surface area contributed by atoms with Crippen molar-refractivity contribution >= 4 is 5.78 Å². The molecule has 2 heteroatoms. The topological polar surface area (TPSA) is 40.9 Å². The second-order valence-corrected chi connectivity index (χ2v) is 4.54. The maximum absolute atomic E-state index is 12.2. The zero-order valence-corrected chi connectivity index (χ0v) is 9.73. The van der Waals surface area contributed by atoms with Crippen LogP contribution in [0.2, 0.25) is 0 Å². The van der Waals surface area contributed by atoms with Gasteiger partial charge in [0, 0.05) is 17.9 Å². The predicted octanol–water partition coefficient (Wildman–Crippen LogP) is 2.57. The zero-order chi connectivity index (χ0) is 12.4. The third kappa shape index (κ3) is 1.95. The summed E-state index contributed by atoms with van der Waals surface area (Å²) in [5.74, 6) is 2.96. The number of nitriles is 1. The van der Waals surface area contributed by atoms with E-state index in [0.717, 1.165) is 11.1 Å². The first kappa shape index (κ1) is 11.4. The average molecular weight is 223 g/mol. The standard InChI is InChI=1S/C15H13NO/c1-3-4-10(2)14-8-12-7-11(9-16)5-6-13(12)15(14)17/h1,5-7,10,14H,4,8H2,2H3. The Hall–Kier alpha value is -2.06. The molecule has 0 aromatic heterocycles. The van der Waals surface area contributed by atoms with Gasteiger partial charge in [-0.15, -0.1) is 12.3 Å². The van der Waals surface area contributed by atoms with Gasteiger partial charge in [-0.25, -0.2) is 0 Å². The van der Waals surface area contributed by atoms with Crippen LogP contribution >= 0.6 is 0 Å². The van der Waals surface area contributed by atoms with Crippen LogP contribution in [-0.2, 0) is 6.42 Å². The molecule has 1 aromatic rings. The number of carbonyl (C=O) groups is 1. The Bertz CT molecular complexity index is 545. The van der Waals surface area contributed by atoms with Crippen LogP contribution in [-0.4, -0.2) is 5.78 Å². The van der Waals surface area contributed by atoms with Crippen LogP contribution in [0.15, 0.2) is 18.2 Å². The van der Waals surface area contributed by atoms with Crippen molar-refractivity contribution in [3.63, 3.8) is 0 Å². The molecule has 0 fully saturated rings. The van der Waals surface area contributed by atoms with Crippen molar-refractivity contribution in [1.29, 1.82) is 5.26 Å². The van der Waals surface area contributed by atoms with Crippen LogP contribution < -0.4 is 0 Å². The number of fused-ring (bicyclic) bond motifs is 1. The lowest BCUT2D eigenvalue weighted by atomic mass is 9.88. The highest BCUT2D eigenvalue weighted by atomic mass is 16.1. The second kappa shape index (κ2) is 4.44. The van der Waals surface area contributed by atoms with E-state index in [1.807, 2.05) is 13.0 Å². The number of carbonyl (C=O) groups excluding carboxylic acids is 1. The molecule has 0 N–H and O–H groups in total. The van der Waals surface area contributed by atoms with Crippen molar-refractivity contribution < 1.29 is 4.79 Å². The van der Waals surface area contributed by atoms with Crippen molar-refractivity contribution in [2.75, 3.05) is 0 Å². The molecule has 0 bridgehead atoms. The highest BCUT2D eigenvalue weighted by Crippen LogP contribution is 2.33. The van der Waals surface area contributed by atoms with E-state index in [1.54, 1.807) is 12.1 Å². The summed E-state index contributed by atoms with van der Waals surface area (Å²) >= 11 is 0.